The Bertz CT molecular complexity index is 659. The first kappa shape index (κ1) is 12.9. The molecule has 0 bridgehead atoms. The zero-order chi connectivity index (χ0) is 14.1. The summed E-state index contributed by atoms with van der Waals surface area (Å²) in [7, 11) is 1.98. The van der Waals surface area contributed by atoms with Gasteiger partial charge < -0.3 is 9.80 Å². The second kappa shape index (κ2) is 5.13. The van der Waals surface area contributed by atoms with Crippen molar-refractivity contribution < 1.29 is 4.79 Å². The van der Waals surface area contributed by atoms with E-state index in [1.54, 1.807) is 35.4 Å². The molecule has 0 spiro atoms. The molecule has 0 radical (unpaired) electrons. The van der Waals surface area contributed by atoms with Crippen molar-refractivity contribution in [2.45, 2.75) is 0 Å². The molecule has 4 nitrogen and oxygen atoms in total. The Hall–Kier alpha value is -2.07. The van der Waals surface area contributed by atoms with Gasteiger partial charge in [-0.15, -0.1) is 0 Å². The van der Waals surface area contributed by atoms with Gasteiger partial charge in [0.05, 0.1) is 5.69 Å². The second-order valence-corrected chi connectivity index (χ2v) is 5.17. The fraction of sp³-hybridized carbons (Fsp3) is 0.200. The largest absolute Gasteiger partial charge is 0.356 e. The van der Waals surface area contributed by atoms with Crippen LogP contribution in [0.4, 0.5) is 11.5 Å². The molecule has 2 heterocycles. The number of pyridine rings is 1. The van der Waals surface area contributed by atoms with E-state index < -0.39 is 0 Å². The summed E-state index contributed by atoms with van der Waals surface area (Å²) in [5.41, 5.74) is 1.43. The number of likely N-dealkylation sites (N-methyl/N-ethyl adjacent to an activating group) is 1. The third-order valence-corrected chi connectivity index (χ3v) is 3.63. The van der Waals surface area contributed by atoms with Crippen molar-refractivity contribution in [3.63, 3.8) is 0 Å². The van der Waals surface area contributed by atoms with Gasteiger partial charge in [0.15, 0.2) is 5.82 Å². The zero-order valence-corrected chi connectivity index (χ0v) is 11.8. The molecule has 20 heavy (non-hydrogen) atoms. The summed E-state index contributed by atoms with van der Waals surface area (Å²) in [6, 6.07) is 10.8. The maximum atomic E-state index is 12.6. The number of fused-ring (bicyclic) bond motifs is 1. The first-order chi connectivity index (χ1) is 9.66. The Balaban J connectivity index is 1.99. The highest BCUT2D eigenvalue weighted by molar-refractivity contribution is 6.31. The van der Waals surface area contributed by atoms with Crippen LogP contribution < -0.4 is 9.80 Å². The third kappa shape index (κ3) is 2.23. The van der Waals surface area contributed by atoms with E-state index in [2.05, 4.69) is 9.88 Å². The Morgan fingerprint density at radius 2 is 2.10 bits per heavy atom. The highest BCUT2D eigenvalue weighted by atomic mass is 35.5. The van der Waals surface area contributed by atoms with Gasteiger partial charge in [-0.25, -0.2) is 4.98 Å². The average molecular weight is 288 g/mol. The van der Waals surface area contributed by atoms with Gasteiger partial charge >= 0.3 is 0 Å². The van der Waals surface area contributed by atoms with E-state index in [0.29, 0.717) is 17.1 Å². The van der Waals surface area contributed by atoms with Gasteiger partial charge in [0.1, 0.15) is 0 Å². The number of carbonyl (C=O) groups is 1. The van der Waals surface area contributed by atoms with Crippen LogP contribution in [0.15, 0.2) is 42.6 Å². The Morgan fingerprint density at radius 3 is 2.90 bits per heavy atom. The van der Waals surface area contributed by atoms with Crippen molar-refractivity contribution in [3.05, 3.63) is 53.2 Å². The average Bonchev–Trinajstić information content (AvgIpc) is 2.47. The Kier molecular flexibility index (Phi) is 3.32. The maximum absolute atomic E-state index is 12.6. The quantitative estimate of drug-likeness (QED) is 0.809. The molecule has 0 fully saturated rings. The summed E-state index contributed by atoms with van der Waals surface area (Å²) < 4.78 is 0. The summed E-state index contributed by atoms with van der Waals surface area (Å²) in [6.07, 6.45) is 1.74. The number of nitrogens with zero attached hydrogens (tertiary/aromatic N) is 3. The van der Waals surface area contributed by atoms with Gasteiger partial charge in [0.25, 0.3) is 5.91 Å². The number of carbonyl (C=O) groups excluding carboxylic acids is 1. The van der Waals surface area contributed by atoms with Crippen LogP contribution in [0, 0.1) is 0 Å². The van der Waals surface area contributed by atoms with E-state index in [1.807, 2.05) is 19.2 Å². The molecule has 0 aliphatic carbocycles. The predicted octanol–water partition coefficient (Wildman–Crippen LogP) is 2.83. The number of hydrogen-bond acceptors (Lipinski definition) is 3. The minimum atomic E-state index is -0.0464. The van der Waals surface area contributed by atoms with Crippen molar-refractivity contribution >= 4 is 29.0 Å². The Morgan fingerprint density at radius 1 is 1.25 bits per heavy atom. The van der Waals surface area contributed by atoms with Crippen LogP contribution in [0.1, 0.15) is 10.4 Å². The van der Waals surface area contributed by atoms with E-state index >= 15 is 0 Å². The fourth-order valence-electron chi connectivity index (χ4n) is 2.36. The highest BCUT2D eigenvalue weighted by Gasteiger charge is 2.26. The number of aromatic nitrogens is 1. The topological polar surface area (TPSA) is 36.4 Å². The lowest BCUT2D eigenvalue weighted by Crippen LogP contribution is -2.43. The van der Waals surface area contributed by atoms with E-state index in [-0.39, 0.29) is 5.91 Å². The first-order valence-corrected chi connectivity index (χ1v) is 6.78. The van der Waals surface area contributed by atoms with Crippen LogP contribution in [0.5, 0.6) is 0 Å². The van der Waals surface area contributed by atoms with Gasteiger partial charge in [-0.2, -0.15) is 0 Å². The molecule has 0 unspecified atom stereocenters. The van der Waals surface area contributed by atoms with Crippen LogP contribution in [0.25, 0.3) is 0 Å². The lowest BCUT2D eigenvalue weighted by molar-refractivity contribution is 0.0986. The van der Waals surface area contributed by atoms with Crippen LogP contribution in [-0.4, -0.2) is 31.0 Å². The molecular weight excluding hydrogens is 274 g/mol. The van der Waals surface area contributed by atoms with Crippen molar-refractivity contribution in [2.24, 2.45) is 0 Å². The normalized spacial score (nSPS) is 14.1. The van der Waals surface area contributed by atoms with Gasteiger partial charge in [-0.1, -0.05) is 17.7 Å². The first-order valence-electron chi connectivity index (χ1n) is 6.40. The van der Waals surface area contributed by atoms with Gasteiger partial charge in [0, 0.05) is 36.9 Å². The number of anilines is 2. The molecule has 0 N–H and O–H groups in total. The monoisotopic (exact) mass is 287 g/mol. The maximum Gasteiger partial charge on any atom is 0.258 e. The summed E-state index contributed by atoms with van der Waals surface area (Å²) in [4.78, 5) is 20.8. The molecule has 0 saturated carbocycles. The summed E-state index contributed by atoms with van der Waals surface area (Å²) in [5.74, 6) is 0.781. The standard InChI is InChI=1S/C15H14ClN3O/c1-18-8-9-19(13-6-3-7-17-14(13)18)15(20)11-4-2-5-12(16)10-11/h2-7,10H,8-9H2,1H3. The molecule has 0 atom stereocenters. The Labute approximate surface area is 122 Å². The number of hydrogen-bond donors (Lipinski definition) is 0. The smallest absolute Gasteiger partial charge is 0.258 e. The predicted molar refractivity (Wildman–Crippen MR) is 80.6 cm³/mol. The molecule has 1 aromatic carbocycles. The molecule has 1 aromatic heterocycles. The van der Waals surface area contributed by atoms with Crippen molar-refractivity contribution in [1.82, 2.24) is 4.98 Å². The van der Waals surface area contributed by atoms with Crippen molar-refractivity contribution in [1.29, 1.82) is 0 Å². The molecule has 1 amide bonds. The number of halogens is 1. The fourth-order valence-corrected chi connectivity index (χ4v) is 2.55. The molecule has 0 saturated heterocycles. The summed E-state index contributed by atoms with van der Waals surface area (Å²) >= 11 is 5.96. The lowest BCUT2D eigenvalue weighted by Gasteiger charge is -2.34. The van der Waals surface area contributed by atoms with Crippen LogP contribution in [0.3, 0.4) is 0 Å². The van der Waals surface area contributed by atoms with Crippen LogP contribution >= 0.6 is 11.6 Å². The third-order valence-electron chi connectivity index (χ3n) is 3.39. The molecule has 1 aliphatic rings. The molecular formula is C15H14ClN3O. The minimum Gasteiger partial charge on any atom is -0.356 e. The van der Waals surface area contributed by atoms with Gasteiger partial charge in [-0.3, -0.25) is 4.79 Å². The summed E-state index contributed by atoms with van der Waals surface area (Å²) in [6.45, 7) is 1.40. The number of benzene rings is 1. The van der Waals surface area contributed by atoms with Crippen LogP contribution in [-0.2, 0) is 0 Å². The van der Waals surface area contributed by atoms with Crippen molar-refractivity contribution in [3.8, 4) is 0 Å². The van der Waals surface area contributed by atoms with Gasteiger partial charge in [-0.05, 0) is 30.3 Å². The lowest BCUT2D eigenvalue weighted by atomic mass is 10.1. The summed E-state index contributed by atoms with van der Waals surface area (Å²) in [5, 5.41) is 0.566. The molecule has 5 heteroatoms. The molecule has 1 aliphatic heterocycles. The molecule has 3 rings (SSSR count). The minimum absolute atomic E-state index is 0.0464. The van der Waals surface area contributed by atoms with Gasteiger partial charge in [0.2, 0.25) is 0 Å². The van der Waals surface area contributed by atoms with Crippen LogP contribution in [0.2, 0.25) is 5.02 Å². The van der Waals surface area contributed by atoms with E-state index in [0.717, 1.165) is 18.1 Å². The zero-order valence-electron chi connectivity index (χ0n) is 11.1. The molecule has 2 aromatic rings. The van der Waals surface area contributed by atoms with E-state index in [9.17, 15) is 4.79 Å². The SMILES string of the molecule is CN1CCN(C(=O)c2cccc(Cl)c2)c2cccnc21. The van der Waals surface area contributed by atoms with E-state index in [4.69, 9.17) is 11.6 Å². The number of amides is 1. The molecule has 102 valence electrons. The van der Waals surface area contributed by atoms with E-state index in [1.165, 1.54) is 0 Å². The highest BCUT2D eigenvalue weighted by Crippen LogP contribution is 2.30. The second-order valence-electron chi connectivity index (χ2n) is 4.73. The van der Waals surface area contributed by atoms with Crippen molar-refractivity contribution in [2.75, 3.05) is 29.9 Å². The number of rotatable bonds is 1.